The van der Waals surface area contributed by atoms with Gasteiger partial charge in [-0.2, -0.15) is 5.10 Å². The fraction of sp³-hybridized carbons (Fsp3) is 0.500. The van der Waals surface area contributed by atoms with Gasteiger partial charge in [0.25, 0.3) is 0 Å². The van der Waals surface area contributed by atoms with Crippen molar-refractivity contribution in [2.24, 2.45) is 5.41 Å². The molecule has 1 aromatic carbocycles. The highest BCUT2D eigenvalue weighted by Gasteiger charge is 2.61. The molecule has 0 aliphatic heterocycles. The van der Waals surface area contributed by atoms with Crippen LogP contribution in [-0.4, -0.2) is 26.3 Å². The van der Waals surface area contributed by atoms with Crippen LogP contribution >= 0.6 is 11.8 Å². The van der Waals surface area contributed by atoms with Gasteiger partial charge in [0.05, 0.1) is 16.6 Å². The van der Waals surface area contributed by atoms with E-state index < -0.39 is 0 Å². The van der Waals surface area contributed by atoms with Crippen molar-refractivity contribution >= 4 is 23.4 Å². The van der Waals surface area contributed by atoms with Crippen LogP contribution in [-0.2, 0) is 10.2 Å². The van der Waals surface area contributed by atoms with Crippen molar-refractivity contribution in [1.82, 2.24) is 15.2 Å². The first kappa shape index (κ1) is 17.5. The number of aromatic nitrogens is 3. The van der Waals surface area contributed by atoms with Crippen LogP contribution in [0.3, 0.4) is 0 Å². The molecule has 0 unspecified atom stereocenters. The van der Waals surface area contributed by atoms with Crippen molar-refractivity contribution in [2.75, 3.05) is 5.32 Å². The lowest BCUT2D eigenvalue weighted by atomic mass is 9.70. The van der Waals surface area contributed by atoms with Crippen molar-refractivity contribution in [3.63, 3.8) is 0 Å². The minimum atomic E-state index is -0.294. The molecule has 2 aromatic rings. The molecule has 1 heterocycles. The third kappa shape index (κ3) is 2.54. The molecule has 4 rings (SSSR count). The third-order valence-corrected chi connectivity index (χ3v) is 7.42. The summed E-state index contributed by atoms with van der Waals surface area (Å²) in [6, 6.07) is 9.48. The highest BCUT2D eigenvalue weighted by Crippen LogP contribution is 2.66. The Balaban J connectivity index is 1.51. The molecule has 26 heavy (non-hydrogen) atoms. The SMILES string of the molecule is C[C@@H](Sc1nnc2c(n1)[C@@H]1CC[C@]2(C)C1(C)C)C(=O)Nc1ccccc1. The number of amides is 1. The van der Waals surface area contributed by atoms with E-state index in [0.29, 0.717) is 11.1 Å². The summed E-state index contributed by atoms with van der Waals surface area (Å²) >= 11 is 1.37. The summed E-state index contributed by atoms with van der Waals surface area (Å²) in [6.45, 7) is 8.79. The van der Waals surface area contributed by atoms with Gasteiger partial charge in [-0.1, -0.05) is 50.7 Å². The van der Waals surface area contributed by atoms with Crippen molar-refractivity contribution in [3.05, 3.63) is 41.7 Å². The average molecular weight is 369 g/mol. The summed E-state index contributed by atoms with van der Waals surface area (Å²) in [5.41, 5.74) is 3.18. The molecule has 6 heteroatoms. The number of anilines is 1. The molecule has 136 valence electrons. The van der Waals surface area contributed by atoms with Crippen LogP contribution in [0.5, 0.6) is 0 Å². The van der Waals surface area contributed by atoms with Crippen LogP contribution < -0.4 is 5.32 Å². The molecule has 0 radical (unpaired) electrons. The topological polar surface area (TPSA) is 67.8 Å². The Morgan fingerprint density at radius 1 is 1.23 bits per heavy atom. The second kappa shape index (κ2) is 6.05. The van der Waals surface area contributed by atoms with E-state index in [1.807, 2.05) is 37.3 Å². The summed E-state index contributed by atoms with van der Waals surface area (Å²) in [7, 11) is 0. The van der Waals surface area contributed by atoms with Crippen molar-refractivity contribution in [1.29, 1.82) is 0 Å². The van der Waals surface area contributed by atoms with Crippen LogP contribution in [0.25, 0.3) is 0 Å². The zero-order valence-electron chi connectivity index (χ0n) is 15.6. The Hall–Kier alpha value is -1.95. The predicted molar refractivity (Wildman–Crippen MR) is 103 cm³/mol. The minimum absolute atomic E-state index is 0.0564. The molecule has 2 aliphatic rings. The summed E-state index contributed by atoms with van der Waals surface area (Å²) in [5.74, 6) is 0.380. The van der Waals surface area contributed by atoms with E-state index in [1.54, 1.807) is 0 Å². The van der Waals surface area contributed by atoms with Crippen LogP contribution in [0.15, 0.2) is 35.5 Å². The Kier molecular flexibility index (Phi) is 4.06. The van der Waals surface area contributed by atoms with E-state index in [9.17, 15) is 4.79 Å². The second-order valence-electron chi connectivity index (χ2n) is 8.09. The number of rotatable bonds is 4. The Bertz CT molecular complexity index is 854. The van der Waals surface area contributed by atoms with Crippen molar-refractivity contribution < 1.29 is 4.79 Å². The van der Waals surface area contributed by atoms with Crippen LogP contribution in [0, 0.1) is 5.41 Å². The molecular formula is C20H24N4OS. The largest absolute Gasteiger partial charge is 0.325 e. The number of hydrogen-bond donors (Lipinski definition) is 1. The van der Waals surface area contributed by atoms with Gasteiger partial charge in [0.2, 0.25) is 11.1 Å². The Morgan fingerprint density at radius 3 is 2.69 bits per heavy atom. The molecule has 1 saturated carbocycles. The molecule has 2 bridgehead atoms. The average Bonchev–Trinajstić information content (AvgIpc) is 2.94. The maximum absolute atomic E-state index is 12.4. The van der Waals surface area contributed by atoms with Gasteiger partial charge in [-0.3, -0.25) is 4.79 Å². The molecule has 0 saturated heterocycles. The van der Waals surface area contributed by atoms with Gasteiger partial charge < -0.3 is 5.32 Å². The summed E-state index contributed by atoms with van der Waals surface area (Å²) in [6.07, 6.45) is 2.31. The van der Waals surface area contributed by atoms with Crippen LogP contribution in [0.4, 0.5) is 5.69 Å². The molecular weight excluding hydrogens is 344 g/mol. The van der Waals surface area contributed by atoms with Gasteiger partial charge in [0.1, 0.15) is 0 Å². The van der Waals surface area contributed by atoms with Gasteiger partial charge in [0.15, 0.2) is 0 Å². The van der Waals surface area contributed by atoms with E-state index in [-0.39, 0.29) is 22.0 Å². The number of hydrogen-bond acceptors (Lipinski definition) is 5. The van der Waals surface area contributed by atoms with Crippen LogP contribution in [0.2, 0.25) is 0 Å². The normalized spacial score (nSPS) is 26.4. The van der Waals surface area contributed by atoms with Crippen molar-refractivity contribution in [3.8, 4) is 0 Å². The highest BCUT2D eigenvalue weighted by molar-refractivity contribution is 8.00. The second-order valence-corrected chi connectivity index (χ2v) is 9.40. The van der Waals surface area contributed by atoms with E-state index in [1.165, 1.54) is 11.8 Å². The fourth-order valence-electron chi connectivity index (χ4n) is 4.39. The zero-order chi connectivity index (χ0) is 18.5. The number of benzene rings is 1. The van der Waals surface area contributed by atoms with E-state index in [0.717, 1.165) is 29.9 Å². The molecule has 1 aromatic heterocycles. The van der Waals surface area contributed by atoms with Gasteiger partial charge >= 0.3 is 0 Å². The predicted octanol–water partition coefficient (Wildman–Crippen LogP) is 4.17. The Labute approximate surface area is 158 Å². The summed E-state index contributed by atoms with van der Waals surface area (Å²) < 4.78 is 0. The first-order valence-electron chi connectivity index (χ1n) is 9.10. The number of nitrogens with one attached hydrogen (secondary N) is 1. The first-order chi connectivity index (χ1) is 12.3. The van der Waals surface area contributed by atoms with E-state index in [4.69, 9.17) is 4.98 Å². The Morgan fingerprint density at radius 2 is 1.96 bits per heavy atom. The first-order valence-corrected chi connectivity index (χ1v) is 9.98. The number of nitrogens with zero attached hydrogens (tertiary/aromatic N) is 3. The van der Waals surface area contributed by atoms with Gasteiger partial charge in [-0.25, -0.2) is 4.98 Å². The van der Waals surface area contributed by atoms with Crippen LogP contribution in [0.1, 0.15) is 57.8 Å². The van der Waals surface area contributed by atoms with E-state index >= 15 is 0 Å². The maximum Gasteiger partial charge on any atom is 0.237 e. The lowest BCUT2D eigenvalue weighted by molar-refractivity contribution is -0.115. The zero-order valence-corrected chi connectivity index (χ0v) is 16.4. The smallest absolute Gasteiger partial charge is 0.237 e. The summed E-state index contributed by atoms with van der Waals surface area (Å²) in [4.78, 5) is 17.2. The van der Waals surface area contributed by atoms with Gasteiger partial charge in [-0.15, -0.1) is 5.10 Å². The van der Waals surface area contributed by atoms with Gasteiger partial charge in [-0.05, 0) is 37.3 Å². The lowest BCUT2D eigenvalue weighted by Gasteiger charge is -2.33. The lowest BCUT2D eigenvalue weighted by Crippen LogP contribution is -2.32. The standard InChI is InChI=1S/C20H24N4OS/c1-12(17(25)21-13-8-6-5-7-9-13)26-18-22-15-14-10-11-20(4,19(14,2)3)16(15)23-24-18/h5-9,12,14H,10-11H2,1-4H3,(H,21,25)/t12-,14+,20+/m1/s1. The van der Waals surface area contributed by atoms with Crippen molar-refractivity contribution in [2.45, 2.75) is 62.3 Å². The maximum atomic E-state index is 12.4. The third-order valence-electron chi connectivity index (χ3n) is 6.47. The quantitative estimate of drug-likeness (QED) is 0.821. The molecule has 5 nitrogen and oxygen atoms in total. The number of thioether (sulfide) groups is 1. The molecule has 1 amide bonds. The molecule has 0 spiro atoms. The fourth-order valence-corrected chi connectivity index (χ4v) is 5.11. The highest BCUT2D eigenvalue weighted by atomic mass is 32.2. The number of fused-ring (bicyclic) bond motifs is 5. The number of carbonyl (C=O) groups excluding carboxylic acids is 1. The molecule has 1 N–H and O–H groups in total. The number of para-hydroxylation sites is 1. The van der Waals surface area contributed by atoms with Gasteiger partial charge in [0, 0.05) is 17.0 Å². The minimum Gasteiger partial charge on any atom is -0.325 e. The molecule has 2 aliphatic carbocycles. The van der Waals surface area contributed by atoms with E-state index in [2.05, 4.69) is 36.3 Å². The molecule has 1 fully saturated rings. The monoisotopic (exact) mass is 368 g/mol. The summed E-state index contributed by atoms with van der Waals surface area (Å²) in [5, 5.41) is 12.1. The number of carbonyl (C=O) groups is 1. The molecule has 3 atom stereocenters.